The fourth-order valence-corrected chi connectivity index (χ4v) is 2.61. The normalized spacial score (nSPS) is 12.8. The van der Waals surface area contributed by atoms with Gasteiger partial charge in [0.25, 0.3) is 0 Å². The van der Waals surface area contributed by atoms with Crippen LogP contribution in [0.3, 0.4) is 0 Å². The monoisotopic (exact) mass is 341 g/mol. The second-order valence-corrected chi connectivity index (χ2v) is 5.93. The highest BCUT2D eigenvalue weighted by molar-refractivity contribution is 5.75. The number of imidazole rings is 1. The van der Waals surface area contributed by atoms with Crippen molar-refractivity contribution in [3.05, 3.63) is 48.0 Å². The van der Waals surface area contributed by atoms with Crippen molar-refractivity contribution in [1.82, 2.24) is 19.8 Å². The van der Waals surface area contributed by atoms with E-state index in [0.29, 0.717) is 18.1 Å². The van der Waals surface area contributed by atoms with Crippen molar-refractivity contribution in [2.75, 3.05) is 20.7 Å². The molecule has 0 saturated carbocycles. The maximum atomic E-state index is 12.6. The Labute approximate surface area is 147 Å². The van der Waals surface area contributed by atoms with Crippen molar-refractivity contribution >= 4 is 6.03 Å². The standard InChI is InChI=1S/C18H23N5O2/c1-13(11-19)12-23(3)18(24)21-16(17-20-9-10-22(17)2)14-7-5-6-8-15(14)25-4/h5-10,13,16H,12H2,1-4H3,(H,21,24). The van der Waals surface area contributed by atoms with E-state index in [2.05, 4.69) is 16.4 Å². The lowest BCUT2D eigenvalue weighted by atomic mass is 10.0. The molecule has 0 aliphatic carbocycles. The van der Waals surface area contributed by atoms with Gasteiger partial charge in [-0.25, -0.2) is 9.78 Å². The highest BCUT2D eigenvalue weighted by atomic mass is 16.5. The van der Waals surface area contributed by atoms with E-state index in [1.807, 2.05) is 42.1 Å². The third-order valence-electron chi connectivity index (χ3n) is 3.95. The average Bonchev–Trinajstić information content (AvgIpc) is 3.04. The van der Waals surface area contributed by atoms with Gasteiger partial charge in [0.2, 0.25) is 0 Å². The zero-order valence-corrected chi connectivity index (χ0v) is 14.9. The first-order chi connectivity index (χ1) is 12.0. The van der Waals surface area contributed by atoms with Crippen LogP contribution >= 0.6 is 0 Å². The number of nitrogens with one attached hydrogen (secondary N) is 1. The minimum atomic E-state index is -0.469. The molecule has 0 radical (unpaired) electrons. The summed E-state index contributed by atoms with van der Waals surface area (Å²) in [4.78, 5) is 18.5. The van der Waals surface area contributed by atoms with Crippen LogP contribution in [0.1, 0.15) is 24.4 Å². The Bertz CT molecular complexity index is 765. The van der Waals surface area contributed by atoms with Gasteiger partial charge in [0.05, 0.1) is 19.1 Å². The SMILES string of the molecule is COc1ccccc1C(NC(=O)N(C)CC(C)C#N)c1nccn1C. The number of aromatic nitrogens is 2. The van der Waals surface area contributed by atoms with Crippen LogP contribution in [-0.2, 0) is 7.05 Å². The number of carbonyl (C=O) groups excluding carboxylic acids is 1. The van der Waals surface area contributed by atoms with E-state index < -0.39 is 6.04 Å². The van der Waals surface area contributed by atoms with Crippen LogP contribution < -0.4 is 10.1 Å². The Hall–Kier alpha value is -3.01. The number of nitriles is 1. The number of rotatable bonds is 6. The predicted molar refractivity (Wildman–Crippen MR) is 94.0 cm³/mol. The van der Waals surface area contributed by atoms with Crippen molar-refractivity contribution < 1.29 is 9.53 Å². The molecule has 2 rings (SSSR count). The number of carbonyl (C=O) groups is 1. The van der Waals surface area contributed by atoms with E-state index in [0.717, 1.165) is 5.56 Å². The first kappa shape index (κ1) is 18.3. The van der Waals surface area contributed by atoms with Gasteiger partial charge in [0, 0.05) is 38.6 Å². The van der Waals surface area contributed by atoms with Crippen LogP contribution in [0.4, 0.5) is 4.79 Å². The fourth-order valence-electron chi connectivity index (χ4n) is 2.61. The number of hydrogen-bond acceptors (Lipinski definition) is 4. The second kappa shape index (κ2) is 8.20. The summed E-state index contributed by atoms with van der Waals surface area (Å²) in [6, 6.07) is 8.90. The van der Waals surface area contributed by atoms with Gasteiger partial charge < -0.3 is 19.5 Å². The maximum Gasteiger partial charge on any atom is 0.318 e. The van der Waals surface area contributed by atoms with E-state index in [-0.39, 0.29) is 11.9 Å². The summed E-state index contributed by atoms with van der Waals surface area (Å²) < 4.78 is 7.30. The smallest absolute Gasteiger partial charge is 0.318 e. The number of benzene rings is 1. The molecule has 132 valence electrons. The molecule has 0 aliphatic rings. The lowest BCUT2D eigenvalue weighted by Crippen LogP contribution is -2.42. The molecular formula is C18H23N5O2. The summed E-state index contributed by atoms with van der Waals surface area (Å²) in [5.41, 5.74) is 0.814. The number of methoxy groups -OCH3 is 1. The van der Waals surface area contributed by atoms with Gasteiger partial charge in [-0.2, -0.15) is 5.26 Å². The summed E-state index contributed by atoms with van der Waals surface area (Å²) >= 11 is 0. The van der Waals surface area contributed by atoms with Crippen molar-refractivity contribution in [1.29, 1.82) is 5.26 Å². The fraction of sp³-hybridized carbons (Fsp3) is 0.389. The van der Waals surface area contributed by atoms with Gasteiger partial charge in [0.15, 0.2) is 0 Å². The molecule has 0 aliphatic heterocycles. The van der Waals surface area contributed by atoms with Crippen LogP contribution in [-0.4, -0.2) is 41.2 Å². The van der Waals surface area contributed by atoms with Crippen molar-refractivity contribution in [3.8, 4) is 11.8 Å². The largest absolute Gasteiger partial charge is 0.496 e. The molecular weight excluding hydrogens is 318 g/mol. The van der Waals surface area contributed by atoms with Crippen LogP contribution in [0.25, 0.3) is 0 Å². The quantitative estimate of drug-likeness (QED) is 0.874. The average molecular weight is 341 g/mol. The third kappa shape index (κ3) is 4.29. The molecule has 2 unspecified atom stereocenters. The summed E-state index contributed by atoms with van der Waals surface area (Å²) in [7, 11) is 5.14. The highest BCUT2D eigenvalue weighted by Crippen LogP contribution is 2.29. The first-order valence-corrected chi connectivity index (χ1v) is 7.99. The Morgan fingerprint density at radius 3 is 2.80 bits per heavy atom. The summed E-state index contributed by atoms with van der Waals surface area (Å²) in [6.07, 6.45) is 3.51. The van der Waals surface area contributed by atoms with Crippen molar-refractivity contribution in [3.63, 3.8) is 0 Å². The number of urea groups is 1. The molecule has 2 amide bonds. The Balaban J connectivity index is 2.32. The molecule has 0 bridgehead atoms. The molecule has 1 aromatic carbocycles. The zero-order chi connectivity index (χ0) is 18.4. The second-order valence-electron chi connectivity index (χ2n) is 5.93. The molecule has 0 fully saturated rings. The number of ether oxygens (including phenoxy) is 1. The van der Waals surface area contributed by atoms with E-state index >= 15 is 0 Å². The molecule has 0 saturated heterocycles. The van der Waals surface area contributed by atoms with E-state index in [4.69, 9.17) is 10.00 Å². The molecule has 0 spiro atoms. The number of amides is 2. The molecule has 7 nitrogen and oxygen atoms in total. The van der Waals surface area contributed by atoms with Crippen LogP contribution in [0, 0.1) is 17.2 Å². The predicted octanol–water partition coefficient (Wildman–Crippen LogP) is 2.32. The minimum absolute atomic E-state index is 0.242. The molecule has 1 aromatic heterocycles. The summed E-state index contributed by atoms with van der Waals surface area (Å²) in [6.45, 7) is 2.13. The topological polar surface area (TPSA) is 83.2 Å². The number of aryl methyl sites for hydroxylation is 1. The van der Waals surface area contributed by atoms with E-state index in [1.54, 1.807) is 27.3 Å². The van der Waals surface area contributed by atoms with Crippen LogP contribution in [0.15, 0.2) is 36.7 Å². The van der Waals surface area contributed by atoms with E-state index in [1.165, 1.54) is 4.90 Å². The van der Waals surface area contributed by atoms with Gasteiger partial charge in [-0.15, -0.1) is 0 Å². The van der Waals surface area contributed by atoms with Crippen molar-refractivity contribution in [2.45, 2.75) is 13.0 Å². The zero-order valence-electron chi connectivity index (χ0n) is 14.9. The van der Waals surface area contributed by atoms with Gasteiger partial charge in [-0.3, -0.25) is 0 Å². The molecule has 1 N–H and O–H groups in total. The molecule has 7 heteroatoms. The van der Waals surface area contributed by atoms with Gasteiger partial charge in [-0.1, -0.05) is 18.2 Å². The highest BCUT2D eigenvalue weighted by Gasteiger charge is 2.25. The number of nitrogens with zero attached hydrogens (tertiary/aromatic N) is 4. The van der Waals surface area contributed by atoms with Crippen LogP contribution in [0.2, 0.25) is 0 Å². The van der Waals surface area contributed by atoms with E-state index in [9.17, 15) is 4.79 Å². The molecule has 25 heavy (non-hydrogen) atoms. The summed E-state index contributed by atoms with van der Waals surface area (Å²) in [5.74, 6) is 1.12. The Morgan fingerprint density at radius 1 is 1.48 bits per heavy atom. The number of hydrogen-bond donors (Lipinski definition) is 1. The van der Waals surface area contributed by atoms with Gasteiger partial charge in [-0.05, 0) is 13.0 Å². The lowest BCUT2D eigenvalue weighted by molar-refractivity contribution is 0.202. The molecule has 1 heterocycles. The Morgan fingerprint density at radius 2 is 2.20 bits per heavy atom. The minimum Gasteiger partial charge on any atom is -0.496 e. The van der Waals surface area contributed by atoms with Crippen LogP contribution in [0.5, 0.6) is 5.75 Å². The third-order valence-corrected chi connectivity index (χ3v) is 3.95. The Kier molecular flexibility index (Phi) is 6.01. The first-order valence-electron chi connectivity index (χ1n) is 7.99. The van der Waals surface area contributed by atoms with Gasteiger partial charge in [0.1, 0.15) is 17.6 Å². The molecule has 2 atom stereocenters. The number of para-hydroxylation sites is 1. The molecule has 2 aromatic rings. The van der Waals surface area contributed by atoms with Gasteiger partial charge >= 0.3 is 6.03 Å². The maximum absolute atomic E-state index is 12.6. The van der Waals surface area contributed by atoms with Crippen molar-refractivity contribution in [2.24, 2.45) is 13.0 Å². The lowest BCUT2D eigenvalue weighted by Gasteiger charge is -2.25. The summed E-state index contributed by atoms with van der Waals surface area (Å²) in [5, 5.41) is 11.9.